The summed E-state index contributed by atoms with van der Waals surface area (Å²) >= 11 is 5.99. The Morgan fingerprint density at radius 3 is 2.79 bits per heavy atom. The Morgan fingerprint density at radius 1 is 1.21 bits per heavy atom. The van der Waals surface area contributed by atoms with Crippen molar-refractivity contribution in [3.8, 4) is 11.5 Å². The molecule has 2 N–H and O–H groups in total. The smallest absolute Gasteiger partial charge is 0.132 e. The largest absolute Gasteiger partial charge is 0.457 e. The quantitative estimate of drug-likeness (QED) is 0.881. The van der Waals surface area contributed by atoms with E-state index in [1.165, 1.54) is 0 Å². The molecule has 0 aliphatic rings. The molecule has 2 rings (SSSR count). The summed E-state index contributed by atoms with van der Waals surface area (Å²) < 4.78 is 5.85. The highest BCUT2D eigenvalue weighted by molar-refractivity contribution is 6.30. The predicted molar refractivity (Wildman–Crippen MR) is 76.7 cm³/mol. The van der Waals surface area contributed by atoms with Gasteiger partial charge in [0.25, 0.3) is 0 Å². The molecule has 0 heterocycles. The molecule has 100 valence electrons. The van der Waals surface area contributed by atoms with Crippen LogP contribution in [0.1, 0.15) is 11.1 Å². The highest BCUT2D eigenvalue weighted by Gasteiger charge is 2.06. The Hall–Kier alpha value is -1.55. The van der Waals surface area contributed by atoms with Crippen LogP contribution in [0.4, 0.5) is 0 Å². The molecular formula is C15H16ClNO2. The summed E-state index contributed by atoms with van der Waals surface area (Å²) in [6, 6.07) is 12.9. The highest BCUT2D eigenvalue weighted by Crippen LogP contribution is 2.28. The first-order valence-corrected chi connectivity index (χ1v) is 6.41. The second-order valence-electron chi connectivity index (χ2n) is 4.19. The van der Waals surface area contributed by atoms with Crippen molar-refractivity contribution < 1.29 is 9.84 Å². The molecule has 0 unspecified atom stereocenters. The fourth-order valence-corrected chi connectivity index (χ4v) is 2.01. The molecule has 19 heavy (non-hydrogen) atoms. The third-order valence-corrected chi connectivity index (χ3v) is 2.93. The first-order chi connectivity index (χ1) is 9.22. The fraction of sp³-hybridized carbons (Fsp3) is 0.200. The summed E-state index contributed by atoms with van der Waals surface area (Å²) in [6.45, 7) is 0.677. The van der Waals surface area contributed by atoms with E-state index in [1.54, 1.807) is 6.07 Å². The number of aliphatic hydroxyl groups excluding tert-OH is 1. The van der Waals surface area contributed by atoms with Gasteiger partial charge in [-0.2, -0.15) is 0 Å². The van der Waals surface area contributed by atoms with Crippen molar-refractivity contribution in [2.45, 2.75) is 13.2 Å². The molecule has 0 aliphatic heterocycles. The Bertz CT molecular complexity index is 558. The van der Waals surface area contributed by atoms with Gasteiger partial charge in [-0.05, 0) is 42.9 Å². The van der Waals surface area contributed by atoms with Crippen LogP contribution in [0.5, 0.6) is 11.5 Å². The summed E-state index contributed by atoms with van der Waals surface area (Å²) in [5, 5.41) is 12.9. The lowest BCUT2D eigenvalue weighted by atomic mass is 10.2. The van der Waals surface area contributed by atoms with Gasteiger partial charge in [-0.1, -0.05) is 23.7 Å². The van der Waals surface area contributed by atoms with Gasteiger partial charge < -0.3 is 15.2 Å². The Kier molecular flexibility index (Phi) is 4.80. The molecule has 2 aromatic carbocycles. The summed E-state index contributed by atoms with van der Waals surface area (Å²) in [5.74, 6) is 1.46. The minimum absolute atomic E-state index is 0.00118. The van der Waals surface area contributed by atoms with E-state index in [1.807, 2.05) is 43.4 Å². The molecule has 3 nitrogen and oxygen atoms in total. The zero-order valence-electron chi connectivity index (χ0n) is 10.7. The van der Waals surface area contributed by atoms with E-state index in [0.717, 1.165) is 16.9 Å². The Morgan fingerprint density at radius 2 is 2.05 bits per heavy atom. The summed E-state index contributed by atoms with van der Waals surface area (Å²) in [7, 11) is 1.87. The lowest BCUT2D eigenvalue weighted by molar-refractivity contribution is 0.281. The number of hydrogen-bond donors (Lipinski definition) is 2. The van der Waals surface area contributed by atoms with Gasteiger partial charge in [0, 0.05) is 17.1 Å². The summed E-state index contributed by atoms with van der Waals surface area (Å²) in [4.78, 5) is 0. The topological polar surface area (TPSA) is 41.5 Å². The van der Waals surface area contributed by atoms with Crippen LogP contribution in [-0.4, -0.2) is 12.2 Å². The molecule has 0 aliphatic carbocycles. The van der Waals surface area contributed by atoms with E-state index in [9.17, 15) is 0 Å². The van der Waals surface area contributed by atoms with Gasteiger partial charge in [0.05, 0.1) is 6.61 Å². The van der Waals surface area contributed by atoms with E-state index in [-0.39, 0.29) is 6.61 Å². The highest BCUT2D eigenvalue weighted by atomic mass is 35.5. The fourth-order valence-electron chi connectivity index (χ4n) is 1.81. The molecule has 4 heteroatoms. The SMILES string of the molecule is CNCc1cc(Cl)ccc1Oc1cccc(CO)c1. The maximum absolute atomic E-state index is 9.12. The van der Waals surface area contributed by atoms with E-state index in [0.29, 0.717) is 17.3 Å². The molecule has 0 saturated heterocycles. The normalized spacial score (nSPS) is 10.5. The number of hydrogen-bond acceptors (Lipinski definition) is 3. The van der Waals surface area contributed by atoms with Gasteiger partial charge in [-0.15, -0.1) is 0 Å². The number of aliphatic hydroxyl groups is 1. The maximum Gasteiger partial charge on any atom is 0.132 e. The predicted octanol–water partition coefficient (Wildman–Crippen LogP) is 3.34. The first-order valence-electron chi connectivity index (χ1n) is 6.03. The van der Waals surface area contributed by atoms with Crippen molar-refractivity contribution in [3.05, 3.63) is 58.6 Å². The van der Waals surface area contributed by atoms with Gasteiger partial charge in [-0.3, -0.25) is 0 Å². The van der Waals surface area contributed by atoms with Crippen molar-refractivity contribution in [1.29, 1.82) is 0 Å². The number of rotatable bonds is 5. The zero-order valence-corrected chi connectivity index (χ0v) is 11.4. The van der Waals surface area contributed by atoms with Crippen molar-refractivity contribution in [2.75, 3.05) is 7.05 Å². The number of halogens is 1. The molecule has 0 atom stereocenters. The van der Waals surface area contributed by atoms with Crippen molar-refractivity contribution in [1.82, 2.24) is 5.32 Å². The van der Waals surface area contributed by atoms with Crippen molar-refractivity contribution in [2.24, 2.45) is 0 Å². The molecule has 0 radical (unpaired) electrons. The molecule has 0 spiro atoms. The molecule has 0 bridgehead atoms. The van der Waals surface area contributed by atoms with Gasteiger partial charge in [0.15, 0.2) is 0 Å². The number of ether oxygens (including phenoxy) is 1. The van der Waals surface area contributed by atoms with Crippen molar-refractivity contribution >= 4 is 11.6 Å². The van der Waals surface area contributed by atoms with Crippen LogP contribution >= 0.6 is 11.6 Å². The second kappa shape index (κ2) is 6.57. The van der Waals surface area contributed by atoms with Crippen LogP contribution < -0.4 is 10.1 Å². The van der Waals surface area contributed by atoms with E-state index in [4.69, 9.17) is 21.4 Å². The van der Waals surface area contributed by atoms with E-state index >= 15 is 0 Å². The lowest BCUT2D eigenvalue weighted by Crippen LogP contribution is -2.06. The van der Waals surface area contributed by atoms with Gasteiger partial charge in [0.1, 0.15) is 11.5 Å². The Labute approximate surface area is 117 Å². The molecule has 0 amide bonds. The van der Waals surface area contributed by atoms with Gasteiger partial charge in [-0.25, -0.2) is 0 Å². The third kappa shape index (κ3) is 3.70. The van der Waals surface area contributed by atoms with Gasteiger partial charge in [0.2, 0.25) is 0 Å². The van der Waals surface area contributed by atoms with Crippen LogP contribution in [0, 0.1) is 0 Å². The minimum Gasteiger partial charge on any atom is -0.457 e. The van der Waals surface area contributed by atoms with Crippen LogP contribution in [0.3, 0.4) is 0 Å². The van der Waals surface area contributed by atoms with Gasteiger partial charge >= 0.3 is 0 Å². The van der Waals surface area contributed by atoms with E-state index in [2.05, 4.69) is 5.32 Å². The average Bonchev–Trinajstić information content (AvgIpc) is 2.42. The minimum atomic E-state index is 0.00118. The second-order valence-corrected chi connectivity index (χ2v) is 4.63. The third-order valence-electron chi connectivity index (χ3n) is 2.70. The Balaban J connectivity index is 2.26. The van der Waals surface area contributed by atoms with Crippen LogP contribution in [0.25, 0.3) is 0 Å². The summed E-state index contributed by atoms with van der Waals surface area (Å²) in [5.41, 5.74) is 1.81. The number of benzene rings is 2. The average molecular weight is 278 g/mol. The molecule has 2 aromatic rings. The molecule has 0 aromatic heterocycles. The summed E-state index contributed by atoms with van der Waals surface area (Å²) in [6.07, 6.45) is 0. The first kappa shape index (κ1) is 13.9. The van der Waals surface area contributed by atoms with E-state index < -0.39 is 0 Å². The molecule has 0 saturated carbocycles. The number of nitrogens with one attached hydrogen (secondary N) is 1. The van der Waals surface area contributed by atoms with Crippen molar-refractivity contribution in [3.63, 3.8) is 0 Å². The van der Waals surface area contributed by atoms with Crippen LogP contribution in [-0.2, 0) is 13.2 Å². The lowest BCUT2D eigenvalue weighted by Gasteiger charge is -2.12. The molecule has 0 fully saturated rings. The standard InChI is InChI=1S/C15H16ClNO2/c1-17-9-12-8-13(16)5-6-15(12)19-14-4-2-3-11(7-14)10-18/h2-8,17-18H,9-10H2,1H3. The van der Waals surface area contributed by atoms with Crippen LogP contribution in [0.15, 0.2) is 42.5 Å². The monoisotopic (exact) mass is 277 g/mol. The van der Waals surface area contributed by atoms with Crippen LogP contribution in [0.2, 0.25) is 5.02 Å². The maximum atomic E-state index is 9.12. The molecular weight excluding hydrogens is 262 g/mol. The zero-order chi connectivity index (χ0) is 13.7.